The van der Waals surface area contributed by atoms with E-state index in [0.717, 1.165) is 24.9 Å². The van der Waals surface area contributed by atoms with E-state index in [-0.39, 0.29) is 12.2 Å². The van der Waals surface area contributed by atoms with Gasteiger partial charge in [-0.3, -0.25) is 0 Å². The quantitative estimate of drug-likeness (QED) is 0.770. The van der Waals surface area contributed by atoms with Crippen molar-refractivity contribution in [3.8, 4) is 0 Å². The summed E-state index contributed by atoms with van der Waals surface area (Å²) in [5, 5.41) is 0. The molecule has 17 heavy (non-hydrogen) atoms. The summed E-state index contributed by atoms with van der Waals surface area (Å²) in [5.74, 6) is 1.72. The van der Waals surface area contributed by atoms with Gasteiger partial charge in [-0.1, -0.05) is 0 Å². The van der Waals surface area contributed by atoms with Crippen molar-refractivity contribution < 1.29 is 4.74 Å². The fourth-order valence-corrected chi connectivity index (χ4v) is 2.08. The van der Waals surface area contributed by atoms with Gasteiger partial charge in [0.15, 0.2) is 0 Å². The second kappa shape index (κ2) is 4.87. The average molecular weight is 236 g/mol. The van der Waals surface area contributed by atoms with Crippen LogP contribution >= 0.6 is 0 Å². The molecule has 94 valence electrons. The zero-order chi connectivity index (χ0) is 12.4. The summed E-state index contributed by atoms with van der Waals surface area (Å²) in [4.78, 5) is 13.1. The van der Waals surface area contributed by atoms with Crippen LogP contribution in [0, 0.1) is 0 Å². The number of ether oxygens (including phenoxy) is 1. The zero-order valence-electron chi connectivity index (χ0n) is 10.9. The van der Waals surface area contributed by atoms with Crippen LogP contribution in [0.1, 0.15) is 13.8 Å². The van der Waals surface area contributed by atoms with E-state index in [2.05, 4.69) is 28.7 Å². The number of aromatic nitrogens is 2. The third-order valence-electron chi connectivity index (χ3n) is 2.79. The molecule has 0 amide bonds. The Morgan fingerprint density at radius 1 is 1.29 bits per heavy atom. The lowest BCUT2D eigenvalue weighted by molar-refractivity contribution is -0.00571. The van der Waals surface area contributed by atoms with Crippen LogP contribution < -0.4 is 9.80 Å². The Morgan fingerprint density at radius 2 is 1.94 bits per heavy atom. The second-order valence-electron chi connectivity index (χ2n) is 4.77. The molecule has 2 heterocycles. The first-order valence-electron chi connectivity index (χ1n) is 5.97. The van der Waals surface area contributed by atoms with Gasteiger partial charge in [-0.15, -0.1) is 0 Å². The van der Waals surface area contributed by atoms with Crippen LogP contribution in [-0.4, -0.2) is 49.4 Å². The van der Waals surface area contributed by atoms with Gasteiger partial charge in [0, 0.05) is 33.4 Å². The van der Waals surface area contributed by atoms with E-state index >= 15 is 0 Å². The molecule has 0 radical (unpaired) electrons. The number of morpholine rings is 1. The molecule has 5 heteroatoms. The summed E-state index contributed by atoms with van der Waals surface area (Å²) >= 11 is 0. The van der Waals surface area contributed by atoms with Crippen LogP contribution in [0.15, 0.2) is 12.3 Å². The van der Waals surface area contributed by atoms with Gasteiger partial charge in [0.1, 0.15) is 5.82 Å². The fourth-order valence-electron chi connectivity index (χ4n) is 2.08. The smallest absolute Gasteiger partial charge is 0.227 e. The molecule has 5 nitrogen and oxygen atoms in total. The third-order valence-corrected chi connectivity index (χ3v) is 2.79. The van der Waals surface area contributed by atoms with E-state index in [1.165, 1.54) is 0 Å². The van der Waals surface area contributed by atoms with E-state index < -0.39 is 0 Å². The lowest BCUT2D eigenvalue weighted by Crippen LogP contribution is -2.46. The Balaban J connectivity index is 2.18. The molecule has 1 fully saturated rings. The topological polar surface area (TPSA) is 41.5 Å². The highest BCUT2D eigenvalue weighted by Crippen LogP contribution is 2.18. The van der Waals surface area contributed by atoms with Gasteiger partial charge in [0.05, 0.1) is 12.2 Å². The summed E-state index contributed by atoms with van der Waals surface area (Å²) < 4.78 is 5.71. The molecular formula is C12H20N4O. The highest BCUT2D eigenvalue weighted by atomic mass is 16.5. The number of hydrogen-bond acceptors (Lipinski definition) is 5. The molecule has 1 aliphatic rings. The lowest BCUT2D eigenvalue weighted by Gasteiger charge is -2.35. The minimum absolute atomic E-state index is 0.227. The predicted octanol–water partition coefficient (Wildman–Crippen LogP) is 1.16. The minimum Gasteiger partial charge on any atom is -0.372 e. The van der Waals surface area contributed by atoms with Crippen LogP contribution in [0.5, 0.6) is 0 Å². The highest BCUT2D eigenvalue weighted by molar-refractivity contribution is 5.42. The summed E-state index contributed by atoms with van der Waals surface area (Å²) in [6.07, 6.45) is 2.26. The van der Waals surface area contributed by atoms with Gasteiger partial charge >= 0.3 is 0 Å². The lowest BCUT2D eigenvalue weighted by atomic mass is 10.2. The Kier molecular flexibility index (Phi) is 3.47. The first-order chi connectivity index (χ1) is 8.06. The summed E-state index contributed by atoms with van der Waals surface area (Å²) in [6, 6.07) is 1.91. The Bertz CT molecular complexity index is 373. The zero-order valence-corrected chi connectivity index (χ0v) is 10.9. The SMILES string of the molecule is CC1CN(c2nccc(N(C)C)n2)CC(C)O1. The standard InChI is InChI=1S/C12H20N4O/c1-9-7-16(8-10(2)17-9)12-13-6-5-11(14-12)15(3)4/h5-6,9-10H,7-8H2,1-4H3. The first kappa shape index (κ1) is 12.1. The molecular weight excluding hydrogens is 216 g/mol. The van der Waals surface area contributed by atoms with Crippen LogP contribution in [0.2, 0.25) is 0 Å². The Labute approximate surface area is 102 Å². The molecule has 1 aromatic rings. The Morgan fingerprint density at radius 3 is 2.53 bits per heavy atom. The fraction of sp³-hybridized carbons (Fsp3) is 0.667. The van der Waals surface area contributed by atoms with Gasteiger partial charge in [-0.05, 0) is 19.9 Å². The van der Waals surface area contributed by atoms with E-state index in [0.29, 0.717) is 0 Å². The molecule has 2 unspecified atom stereocenters. The van der Waals surface area contributed by atoms with Crippen LogP contribution in [-0.2, 0) is 4.74 Å². The normalized spacial score (nSPS) is 24.8. The number of anilines is 2. The molecule has 2 rings (SSSR count). The summed E-state index contributed by atoms with van der Waals surface area (Å²) in [6.45, 7) is 5.86. The molecule has 0 N–H and O–H groups in total. The molecule has 0 bridgehead atoms. The van der Waals surface area contributed by atoms with Crippen molar-refractivity contribution in [2.75, 3.05) is 37.0 Å². The number of nitrogens with zero attached hydrogens (tertiary/aromatic N) is 4. The van der Waals surface area contributed by atoms with Crippen molar-refractivity contribution >= 4 is 11.8 Å². The van der Waals surface area contributed by atoms with Gasteiger partial charge in [-0.2, -0.15) is 4.98 Å². The molecule has 0 spiro atoms. The van der Waals surface area contributed by atoms with Crippen molar-refractivity contribution in [1.82, 2.24) is 9.97 Å². The predicted molar refractivity (Wildman–Crippen MR) is 68.6 cm³/mol. The van der Waals surface area contributed by atoms with E-state index in [1.54, 1.807) is 0 Å². The van der Waals surface area contributed by atoms with Crippen LogP contribution in [0.4, 0.5) is 11.8 Å². The van der Waals surface area contributed by atoms with Gasteiger partial charge in [0.2, 0.25) is 5.95 Å². The molecule has 2 atom stereocenters. The van der Waals surface area contributed by atoms with Crippen molar-refractivity contribution in [1.29, 1.82) is 0 Å². The van der Waals surface area contributed by atoms with Crippen LogP contribution in [0.25, 0.3) is 0 Å². The minimum atomic E-state index is 0.227. The molecule has 0 saturated carbocycles. The van der Waals surface area contributed by atoms with Crippen molar-refractivity contribution in [3.05, 3.63) is 12.3 Å². The third kappa shape index (κ3) is 2.85. The average Bonchev–Trinajstić information content (AvgIpc) is 2.28. The van der Waals surface area contributed by atoms with E-state index in [1.807, 2.05) is 31.3 Å². The number of rotatable bonds is 2. The van der Waals surface area contributed by atoms with Crippen molar-refractivity contribution in [3.63, 3.8) is 0 Å². The number of hydrogen-bond donors (Lipinski definition) is 0. The van der Waals surface area contributed by atoms with Crippen molar-refractivity contribution in [2.45, 2.75) is 26.1 Å². The largest absolute Gasteiger partial charge is 0.372 e. The molecule has 1 saturated heterocycles. The van der Waals surface area contributed by atoms with Crippen molar-refractivity contribution in [2.24, 2.45) is 0 Å². The summed E-state index contributed by atoms with van der Waals surface area (Å²) in [5.41, 5.74) is 0. The first-order valence-corrected chi connectivity index (χ1v) is 5.97. The molecule has 1 aromatic heterocycles. The van der Waals surface area contributed by atoms with E-state index in [4.69, 9.17) is 4.74 Å². The summed E-state index contributed by atoms with van der Waals surface area (Å²) in [7, 11) is 3.97. The molecule has 0 aromatic carbocycles. The Hall–Kier alpha value is -1.36. The maximum atomic E-state index is 5.71. The van der Waals surface area contributed by atoms with Gasteiger partial charge in [0.25, 0.3) is 0 Å². The van der Waals surface area contributed by atoms with Gasteiger partial charge < -0.3 is 14.5 Å². The maximum Gasteiger partial charge on any atom is 0.227 e. The van der Waals surface area contributed by atoms with Crippen LogP contribution in [0.3, 0.4) is 0 Å². The maximum absolute atomic E-state index is 5.71. The van der Waals surface area contributed by atoms with Gasteiger partial charge in [-0.25, -0.2) is 4.98 Å². The molecule has 1 aliphatic heterocycles. The highest BCUT2D eigenvalue weighted by Gasteiger charge is 2.24. The second-order valence-corrected chi connectivity index (χ2v) is 4.77. The van der Waals surface area contributed by atoms with E-state index in [9.17, 15) is 0 Å². The molecule has 0 aliphatic carbocycles. The monoisotopic (exact) mass is 236 g/mol.